The molecule has 156 valence electrons. The first kappa shape index (κ1) is 20.1. The summed E-state index contributed by atoms with van der Waals surface area (Å²) in [5.41, 5.74) is 3.13. The SMILES string of the molecule is CCCN(CCC)C(=O)c1ccc(-c2cccc3nc(NC(=O)C4CC4)nn23)cc1. The van der Waals surface area contributed by atoms with E-state index in [0.717, 1.165) is 50.0 Å². The number of nitrogens with zero attached hydrogens (tertiary/aromatic N) is 4. The topological polar surface area (TPSA) is 79.6 Å². The van der Waals surface area contributed by atoms with E-state index in [4.69, 9.17) is 0 Å². The maximum atomic E-state index is 12.8. The average Bonchev–Trinajstić information content (AvgIpc) is 3.53. The van der Waals surface area contributed by atoms with Crippen LogP contribution in [0.3, 0.4) is 0 Å². The molecular weight excluding hydrogens is 378 g/mol. The molecule has 7 heteroatoms. The summed E-state index contributed by atoms with van der Waals surface area (Å²) in [5, 5.41) is 7.27. The molecule has 1 aromatic carbocycles. The number of nitrogens with one attached hydrogen (secondary N) is 1. The normalized spacial score (nSPS) is 13.4. The van der Waals surface area contributed by atoms with Gasteiger partial charge in [-0.1, -0.05) is 32.0 Å². The molecule has 2 aromatic heterocycles. The fourth-order valence-electron chi connectivity index (χ4n) is 3.56. The number of fused-ring (bicyclic) bond motifs is 1. The van der Waals surface area contributed by atoms with Crippen molar-refractivity contribution in [3.63, 3.8) is 0 Å². The van der Waals surface area contributed by atoms with Gasteiger partial charge in [-0.05, 0) is 49.9 Å². The standard InChI is InChI=1S/C23H27N5O2/c1-3-14-27(15-4-2)22(30)18-12-8-16(9-13-18)19-6-5-7-20-24-23(26-28(19)20)25-21(29)17-10-11-17/h5-9,12-13,17H,3-4,10-11,14-15H2,1-2H3,(H,25,26,29). The number of carbonyl (C=O) groups is 2. The second kappa shape index (κ2) is 8.65. The van der Waals surface area contributed by atoms with Crippen LogP contribution in [0.2, 0.25) is 0 Å². The number of anilines is 1. The summed E-state index contributed by atoms with van der Waals surface area (Å²) in [6.07, 6.45) is 3.75. The van der Waals surface area contributed by atoms with Gasteiger partial charge in [0, 0.05) is 30.1 Å². The van der Waals surface area contributed by atoms with Gasteiger partial charge in [0.1, 0.15) is 0 Å². The molecule has 1 N–H and O–H groups in total. The van der Waals surface area contributed by atoms with E-state index in [-0.39, 0.29) is 17.7 Å². The Labute approximate surface area is 176 Å². The lowest BCUT2D eigenvalue weighted by Gasteiger charge is -2.21. The Morgan fingerprint density at radius 1 is 1.07 bits per heavy atom. The molecule has 1 fully saturated rings. The number of hydrogen-bond acceptors (Lipinski definition) is 4. The predicted octanol–water partition coefficient (Wildman–Crippen LogP) is 4.01. The van der Waals surface area contributed by atoms with Gasteiger partial charge in [0.2, 0.25) is 11.9 Å². The molecule has 0 aliphatic heterocycles. The zero-order valence-corrected chi connectivity index (χ0v) is 17.5. The lowest BCUT2D eigenvalue weighted by molar-refractivity contribution is -0.117. The number of rotatable bonds is 8. The number of benzene rings is 1. The molecular formula is C23H27N5O2. The van der Waals surface area contributed by atoms with Crippen LogP contribution in [-0.2, 0) is 4.79 Å². The van der Waals surface area contributed by atoms with E-state index in [1.165, 1.54) is 0 Å². The van der Waals surface area contributed by atoms with Crippen LogP contribution in [0.1, 0.15) is 49.9 Å². The van der Waals surface area contributed by atoms with Crippen LogP contribution in [0.25, 0.3) is 16.9 Å². The zero-order valence-electron chi connectivity index (χ0n) is 17.5. The van der Waals surface area contributed by atoms with E-state index >= 15 is 0 Å². The Kier molecular flexibility index (Phi) is 5.79. The lowest BCUT2D eigenvalue weighted by atomic mass is 10.1. The Morgan fingerprint density at radius 3 is 2.40 bits per heavy atom. The number of amides is 2. The summed E-state index contributed by atoms with van der Waals surface area (Å²) >= 11 is 0. The number of hydrogen-bond donors (Lipinski definition) is 1. The van der Waals surface area contributed by atoms with Gasteiger partial charge in [0.25, 0.3) is 5.91 Å². The van der Waals surface area contributed by atoms with Gasteiger partial charge in [-0.2, -0.15) is 4.98 Å². The molecule has 0 atom stereocenters. The second-order valence-electron chi connectivity index (χ2n) is 7.75. The largest absolute Gasteiger partial charge is 0.339 e. The third-order valence-corrected chi connectivity index (χ3v) is 5.24. The van der Waals surface area contributed by atoms with Crippen LogP contribution in [0.5, 0.6) is 0 Å². The summed E-state index contributed by atoms with van der Waals surface area (Å²) in [7, 11) is 0. The minimum absolute atomic E-state index is 0.0148. The van der Waals surface area contributed by atoms with Crippen molar-refractivity contribution in [2.24, 2.45) is 5.92 Å². The summed E-state index contributed by atoms with van der Waals surface area (Å²) in [5.74, 6) is 0.468. The van der Waals surface area contributed by atoms with E-state index in [9.17, 15) is 9.59 Å². The van der Waals surface area contributed by atoms with Gasteiger partial charge in [0.05, 0.1) is 5.69 Å². The van der Waals surface area contributed by atoms with E-state index < -0.39 is 0 Å². The van der Waals surface area contributed by atoms with Gasteiger partial charge in [-0.3, -0.25) is 14.9 Å². The number of pyridine rings is 1. The highest BCUT2D eigenvalue weighted by Gasteiger charge is 2.30. The van der Waals surface area contributed by atoms with Crippen LogP contribution in [0.4, 0.5) is 5.95 Å². The molecule has 3 aromatic rings. The molecule has 1 aliphatic carbocycles. The minimum Gasteiger partial charge on any atom is -0.339 e. The van der Waals surface area contributed by atoms with Crippen molar-refractivity contribution in [1.29, 1.82) is 0 Å². The molecule has 2 amide bonds. The second-order valence-corrected chi connectivity index (χ2v) is 7.75. The molecule has 7 nitrogen and oxygen atoms in total. The molecule has 1 aliphatic rings. The Hall–Kier alpha value is -3.22. The van der Waals surface area contributed by atoms with Gasteiger partial charge in [-0.25, -0.2) is 4.52 Å². The third-order valence-electron chi connectivity index (χ3n) is 5.24. The van der Waals surface area contributed by atoms with Crippen LogP contribution < -0.4 is 5.32 Å². The van der Waals surface area contributed by atoms with Crippen molar-refractivity contribution in [3.8, 4) is 11.3 Å². The summed E-state index contributed by atoms with van der Waals surface area (Å²) < 4.78 is 1.72. The predicted molar refractivity (Wildman–Crippen MR) is 116 cm³/mol. The van der Waals surface area contributed by atoms with Crippen molar-refractivity contribution in [3.05, 3.63) is 48.0 Å². The van der Waals surface area contributed by atoms with Crippen molar-refractivity contribution >= 4 is 23.4 Å². The molecule has 0 unspecified atom stereocenters. The van der Waals surface area contributed by atoms with Gasteiger partial charge < -0.3 is 4.90 Å². The highest BCUT2D eigenvalue weighted by atomic mass is 16.2. The molecule has 0 radical (unpaired) electrons. The van der Waals surface area contributed by atoms with Crippen molar-refractivity contribution in [2.75, 3.05) is 18.4 Å². The quantitative estimate of drug-likeness (QED) is 0.614. The average molecular weight is 406 g/mol. The van der Waals surface area contributed by atoms with E-state index in [0.29, 0.717) is 17.2 Å². The Balaban J connectivity index is 1.58. The maximum absolute atomic E-state index is 12.8. The highest BCUT2D eigenvalue weighted by Crippen LogP contribution is 2.30. The summed E-state index contributed by atoms with van der Waals surface area (Å²) in [6, 6.07) is 13.3. The van der Waals surface area contributed by atoms with Gasteiger partial charge in [-0.15, -0.1) is 5.10 Å². The Morgan fingerprint density at radius 2 is 1.77 bits per heavy atom. The molecule has 4 rings (SSSR count). The molecule has 0 bridgehead atoms. The highest BCUT2D eigenvalue weighted by molar-refractivity contribution is 5.95. The Bertz CT molecular complexity index is 1050. The number of carbonyl (C=O) groups excluding carboxylic acids is 2. The van der Waals surface area contributed by atoms with Crippen LogP contribution >= 0.6 is 0 Å². The van der Waals surface area contributed by atoms with E-state index in [1.807, 2.05) is 47.4 Å². The van der Waals surface area contributed by atoms with Crippen molar-refractivity contribution in [1.82, 2.24) is 19.5 Å². The maximum Gasteiger partial charge on any atom is 0.253 e. The zero-order chi connectivity index (χ0) is 21.1. The third kappa shape index (κ3) is 4.20. The first-order chi connectivity index (χ1) is 14.6. The fourth-order valence-corrected chi connectivity index (χ4v) is 3.56. The number of aromatic nitrogens is 3. The van der Waals surface area contributed by atoms with Crippen molar-refractivity contribution in [2.45, 2.75) is 39.5 Å². The molecule has 2 heterocycles. The molecule has 1 saturated carbocycles. The lowest BCUT2D eigenvalue weighted by Crippen LogP contribution is -2.32. The van der Waals surface area contributed by atoms with Crippen LogP contribution in [0, 0.1) is 5.92 Å². The molecule has 0 saturated heterocycles. The summed E-state index contributed by atoms with van der Waals surface area (Å²) in [4.78, 5) is 31.2. The van der Waals surface area contributed by atoms with E-state index in [1.54, 1.807) is 4.52 Å². The van der Waals surface area contributed by atoms with Crippen LogP contribution in [-0.4, -0.2) is 44.4 Å². The van der Waals surface area contributed by atoms with E-state index in [2.05, 4.69) is 29.2 Å². The smallest absolute Gasteiger partial charge is 0.253 e. The van der Waals surface area contributed by atoms with Crippen LogP contribution in [0.15, 0.2) is 42.5 Å². The monoisotopic (exact) mass is 405 g/mol. The fraction of sp³-hybridized carbons (Fsp3) is 0.391. The molecule has 30 heavy (non-hydrogen) atoms. The first-order valence-corrected chi connectivity index (χ1v) is 10.7. The molecule has 0 spiro atoms. The van der Waals surface area contributed by atoms with Gasteiger partial charge in [0.15, 0.2) is 5.65 Å². The first-order valence-electron chi connectivity index (χ1n) is 10.7. The summed E-state index contributed by atoms with van der Waals surface area (Å²) in [6.45, 7) is 5.70. The van der Waals surface area contributed by atoms with Crippen molar-refractivity contribution < 1.29 is 9.59 Å². The van der Waals surface area contributed by atoms with Gasteiger partial charge >= 0.3 is 0 Å². The minimum atomic E-state index is -0.0148.